The van der Waals surface area contributed by atoms with Crippen molar-refractivity contribution in [2.24, 2.45) is 0 Å². The number of thiophene rings is 1. The standard InChI is InChI=1S/C11H15Cl2NOS/c1-3-5-6-14(4-2)11(15)8-7-9(12)16-10(8)13/h7H,3-6H2,1-2H3. The lowest BCUT2D eigenvalue weighted by Gasteiger charge is -2.20. The van der Waals surface area contributed by atoms with Gasteiger partial charge in [0.15, 0.2) is 0 Å². The van der Waals surface area contributed by atoms with Crippen molar-refractivity contribution < 1.29 is 4.79 Å². The van der Waals surface area contributed by atoms with Gasteiger partial charge in [-0.1, -0.05) is 36.5 Å². The molecule has 2 nitrogen and oxygen atoms in total. The van der Waals surface area contributed by atoms with Crippen LogP contribution >= 0.6 is 34.5 Å². The third-order valence-electron chi connectivity index (χ3n) is 2.34. The van der Waals surface area contributed by atoms with Gasteiger partial charge in [0.1, 0.15) is 4.34 Å². The first-order valence-electron chi connectivity index (χ1n) is 5.34. The van der Waals surface area contributed by atoms with Crippen molar-refractivity contribution in [3.8, 4) is 0 Å². The quantitative estimate of drug-likeness (QED) is 0.786. The van der Waals surface area contributed by atoms with Gasteiger partial charge in [0.2, 0.25) is 0 Å². The third kappa shape index (κ3) is 3.37. The highest BCUT2D eigenvalue weighted by atomic mass is 35.5. The predicted molar refractivity (Wildman–Crippen MR) is 70.8 cm³/mol. The summed E-state index contributed by atoms with van der Waals surface area (Å²) in [7, 11) is 0. The first-order valence-corrected chi connectivity index (χ1v) is 6.91. The number of halogens is 2. The Hall–Kier alpha value is -0.250. The minimum Gasteiger partial charge on any atom is -0.339 e. The van der Waals surface area contributed by atoms with Crippen molar-refractivity contribution in [3.05, 3.63) is 20.3 Å². The molecule has 0 fully saturated rings. The summed E-state index contributed by atoms with van der Waals surface area (Å²) in [4.78, 5) is 13.9. The first kappa shape index (κ1) is 13.8. The van der Waals surface area contributed by atoms with Gasteiger partial charge in [-0.2, -0.15) is 0 Å². The monoisotopic (exact) mass is 279 g/mol. The average Bonchev–Trinajstić information content (AvgIpc) is 2.58. The second-order valence-electron chi connectivity index (χ2n) is 3.48. The Balaban J connectivity index is 2.78. The van der Waals surface area contributed by atoms with Gasteiger partial charge in [0.05, 0.1) is 9.90 Å². The number of hydrogen-bond acceptors (Lipinski definition) is 2. The van der Waals surface area contributed by atoms with Crippen LogP contribution in [0.5, 0.6) is 0 Å². The second kappa shape index (κ2) is 6.48. The zero-order valence-corrected chi connectivity index (χ0v) is 11.8. The molecular formula is C11H15Cl2NOS. The van der Waals surface area contributed by atoms with E-state index in [1.54, 1.807) is 11.0 Å². The molecule has 5 heteroatoms. The summed E-state index contributed by atoms with van der Waals surface area (Å²) in [5, 5.41) is 0. The molecule has 1 rings (SSSR count). The number of unbranched alkanes of at least 4 members (excludes halogenated alkanes) is 1. The molecule has 0 atom stereocenters. The van der Waals surface area contributed by atoms with Crippen molar-refractivity contribution >= 4 is 40.4 Å². The normalized spacial score (nSPS) is 10.5. The summed E-state index contributed by atoms with van der Waals surface area (Å²) >= 11 is 13.0. The summed E-state index contributed by atoms with van der Waals surface area (Å²) < 4.78 is 1.03. The van der Waals surface area contributed by atoms with Crippen LogP contribution in [0.25, 0.3) is 0 Å². The highest BCUT2D eigenvalue weighted by Crippen LogP contribution is 2.31. The molecule has 0 unspecified atom stereocenters. The molecule has 1 aromatic heterocycles. The van der Waals surface area contributed by atoms with Crippen LogP contribution in [0, 0.1) is 0 Å². The van der Waals surface area contributed by atoms with E-state index in [0.717, 1.165) is 19.4 Å². The second-order valence-corrected chi connectivity index (χ2v) is 5.76. The molecule has 0 aliphatic carbocycles. The zero-order chi connectivity index (χ0) is 12.1. The minimum absolute atomic E-state index is 0.0240. The largest absolute Gasteiger partial charge is 0.339 e. The number of nitrogens with zero attached hydrogens (tertiary/aromatic N) is 1. The zero-order valence-electron chi connectivity index (χ0n) is 9.43. The van der Waals surface area contributed by atoms with Crippen LogP contribution in [0.15, 0.2) is 6.07 Å². The van der Waals surface area contributed by atoms with E-state index in [1.165, 1.54) is 11.3 Å². The molecule has 1 heterocycles. The first-order chi connectivity index (χ1) is 7.60. The van der Waals surface area contributed by atoms with Crippen LogP contribution in [0.2, 0.25) is 8.67 Å². The molecule has 0 aromatic carbocycles. The Labute approximate surface area is 110 Å². The van der Waals surface area contributed by atoms with Crippen molar-refractivity contribution in [2.45, 2.75) is 26.7 Å². The summed E-state index contributed by atoms with van der Waals surface area (Å²) in [5.41, 5.74) is 0.523. The molecule has 90 valence electrons. The summed E-state index contributed by atoms with van der Waals surface area (Å²) in [6.07, 6.45) is 2.08. The fourth-order valence-corrected chi connectivity index (χ4v) is 2.86. The van der Waals surface area contributed by atoms with Crippen molar-refractivity contribution in [3.63, 3.8) is 0 Å². The predicted octanol–water partition coefficient (Wildman–Crippen LogP) is 4.32. The van der Waals surface area contributed by atoms with Gasteiger partial charge in [-0.3, -0.25) is 4.79 Å². The average molecular weight is 280 g/mol. The van der Waals surface area contributed by atoms with Crippen molar-refractivity contribution in [1.29, 1.82) is 0 Å². The van der Waals surface area contributed by atoms with Crippen LogP contribution in [0.1, 0.15) is 37.0 Å². The third-order valence-corrected chi connectivity index (χ3v) is 3.83. The van der Waals surface area contributed by atoms with E-state index >= 15 is 0 Å². The van der Waals surface area contributed by atoms with Gasteiger partial charge in [-0.05, 0) is 19.4 Å². The van der Waals surface area contributed by atoms with E-state index in [9.17, 15) is 4.79 Å². The fraction of sp³-hybridized carbons (Fsp3) is 0.545. The number of hydrogen-bond donors (Lipinski definition) is 0. The van der Waals surface area contributed by atoms with Crippen molar-refractivity contribution in [1.82, 2.24) is 4.90 Å². The fourth-order valence-electron chi connectivity index (χ4n) is 1.41. The van der Waals surface area contributed by atoms with Crippen LogP contribution in [0.3, 0.4) is 0 Å². The van der Waals surface area contributed by atoms with Gasteiger partial charge in [-0.25, -0.2) is 0 Å². The number of carbonyl (C=O) groups is 1. The van der Waals surface area contributed by atoms with Gasteiger partial charge in [0, 0.05) is 13.1 Å². The molecular weight excluding hydrogens is 265 g/mol. The van der Waals surface area contributed by atoms with E-state index in [1.807, 2.05) is 6.92 Å². The number of carbonyl (C=O) groups excluding carboxylic acids is 1. The van der Waals surface area contributed by atoms with Gasteiger partial charge in [0.25, 0.3) is 5.91 Å². The lowest BCUT2D eigenvalue weighted by atomic mass is 10.2. The molecule has 0 aliphatic rings. The highest BCUT2D eigenvalue weighted by molar-refractivity contribution is 7.20. The molecule has 0 bridgehead atoms. The summed E-state index contributed by atoms with van der Waals surface area (Å²) in [5.74, 6) is -0.0240. The van der Waals surface area contributed by atoms with Crippen LogP contribution in [0.4, 0.5) is 0 Å². The van der Waals surface area contributed by atoms with E-state index in [0.29, 0.717) is 20.8 Å². The Morgan fingerprint density at radius 2 is 2.12 bits per heavy atom. The Bertz CT molecular complexity index is 365. The Kier molecular flexibility index (Phi) is 5.59. The van der Waals surface area contributed by atoms with E-state index in [-0.39, 0.29) is 5.91 Å². The van der Waals surface area contributed by atoms with Gasteiger partial charge < -0.3 is 4.90 Å². The Morgan fingerprint density at radius 1 is 1.44 bits per heavy atom. The van der Waals surface area contributed by atoms with E-state index in [4.69, 9.17) is 23.2 Å². The summed E-state index contributed by atoms with van der Waals surface area (Å²) in [6.45, 7) is 5.54. The maximum atomic E-state index is 12.1. The lowest BCUT2D eigenvalue weighted by molar-refractivity contribution is 0.0763. The molecule has 0 N–H and O–H groups in total. The Morgan fingerprint density at radius 3 is 2.56 bits per heavy atom. The molecule has 0 saturated carbocycles. The molecule has 0 spiro atoms. The smallest absolute Gasteiger partial charge is 0.256 e. The van der Waals surface area contributed by atoms with E-state index < -0.39 is 0 Å². The van der Waals surface area contributed by atoms with Crippen molar-refractivity contribution in [2.75, 3.05) is 13.1 Å². The van der Waals surface area contributed by atoms with Crippen LogP contribution in [-0.4, -0.2) is 23.9 Å². The molecule has 1 aromatic rings. The molecule has 16 heavy (non-hydrogen) atoms. The maximum absolute atomic E-state index is 12.1. The van der Waals surface area contributed by atoms with Gasteiger partial charge in [-0.15, -0.1) is 11.3 Å². The molecule has 0 radical (unpaired) electrons. The topological polar surface area (TPSA) is 20.3 Å². The number of rotatable bonds is 5. The number of amides is 1. The van der Waals surface area contributed by atoms with Crippen LogP contribution in [-0.2, 0) is 0 Å². The maximum Gasteiger partial charge on any atom is 0.256 e. The van der Waals surface area contributed by atoms with E-state index in [2.05, 4.69) is 6.92 Å². The lowest BCUT2D eigenvalue weighted by Crippen LogP contribution is -2.31. The summed E-state index contributed by atoms with van der Waals surface area (Å²) in [6, 6.07) is 1.64. The molecule has 0 aliphatic heterocycles. The molecule has 0 saturated heterocycles. The SMILES string of the molecule is CCCCN(CC)C(=O)c1cc(Cl)sc1Cl. The van der Waals surface area contributed by atoms with Gasteiger partial charge >= 0.3 is 0 Å². The minimum atomic E-state index is -0.0240. The van der Waals surface area contributed by atoms with Crippen LogP contribution < -0.4 is 0 Å². The molecule has 1 amide bonds. The highest BCUT2D eigenvalue weighted by Gasteiger charge is 2.19.